The average molecular weight is 247 g/mol. The molecular weight excluding hydrogens is 235 g/mol. The summed E-state index contributed by atoms with van der Waals surface area (Å²) in [6, 6.07) is 4.92. The third kappa shape index (κ3) is 3.44. The first-order valence-electron chi connectivity index (χ1n) is 4.21. The van der Waals surface area contributed by atoms with Crippen LogP contribution in [0.1, 0.15) is 18.9 Å². The van der Waals surface area contributed by atoms with Gasteiger partial charge in [-0.25, -0.2) is 4.39 Å². The Kier molecular flexibility index (Phi) is 3.88. The lowest BCUT2D eigenvalue weighted by molar-refractivity contribution is 0.185. The van der Waals surface area contributed by atoms with Gasteiger partial charge in [-0.15, -0.1) is 0 Å². The van der Waals surface area contributed by atoms with E-state index in [1.54, 1.807) is 19.1 Å². The molecule has 0 bridgehead atoms. The van der Waals surface area contributed by atoms with Crippen LogP contribution in [0.4, 0.5) is 4.39 Å². The summed E-state index contributed by atoms with van der Waals surface area (Å²) in [5.74, 6) is -0.249. The highest BCUT2D eigenvalue weighted by Crippen LogP contribution is 2.17. The fourth-order valence-corrected chi connectivity index (χ4v) is 1.50. The SMILES string of the molecule is C[C@@H](O)CCc1ccc(F)c(Br)c1. The third-order valence-electron chi connectivity index (χ3n) is 1.83. The molecule has 0 fully saturated rings. The molecule has 13 heavy (non-hydrogen) atoms. The first-order chi connectivity index (χ1) is 6.09. The van der Waals surface area contributed by atoms with Crippen LogP contribution in [0.2, 0.25) is 0 Å². The lowest BCUT2D eigenvalue weighted by Gasteiger charge is -2.04. The summed E-state index contributed by atoms with van der Waals surface area (Å²) in [6.07, 6.45) is 1.18. The van der Waals surface area contributed by atoms with E-state index in [1.165, 1.54) is 6.07 Å². The van der Waals surface area contributed by atoms with Crippen molar-refractivity contribution in [3.8, 4) is 0 Å². The second kappa shape index (κ2) is 4.72. The minimum atomic E-state index is -0.302. The molecule has 0 amide bonds. The van der Waals surface area contributed by atoms with Crippen molar-refractivity contribution in [1.82, 2.24) is 0 Å². The van der Waals surface area contributed by atoms with Crippen LogP contribution in [0.25, 0.3) is 0 Å². The summed E-state index contributed by atoms with van der Waals surface area (Å²) >= 11 is 3.12. The lowest BCUT2D eigenvalue weighted by atomic mass is 10.1. The van der Waals surface area contributed by atoms with E-state index in [9.17, 15) is 4.39 Å². The smallest absolute Gasteiger partial charge is 0.137 e. The van der Waals surface area contributed by atoms with E-state index in [0.717, 1.165) is 12.0 Å². The van der Waals surface area contributed by atoms with Crippen molar-refractivity contribution < 1.29 is 9.50 Å². The molecule has 3 heteroatoms. The fraction of sp³-hybridized carbons (Fsp3) is 0.400. The van der Waals surface area contributed by atoms with Crippen LogP contribution in [-0.2, 0) is 6.42 Å². The predicted octanol–water partition coefficient (Wildman–Crippen LogP) is 2.90. The summed E-state index contributed by atoms with van der Waals surface area (Å²) in [7, 11) is 0. The van der Waals surface area contributed by atoms with Gasteiger partial charge in [0.15, 0.2) is 0 Å². The van der Waals surface area contributed by atoms with Crippen molar-refractivity contribution in [2.75, 3.05) is 0 Å². The molecule has 0 aliphatic heterocycles. The third-order valence-corrected chi connectivity index (χ3v) is 2.44. The van der Waals surface area contributed by atoms with Gasteiger partial charge in [-0.3, -0.25) is 0 Å². The van der Waals surface area contributed by atoms with Gasteiger partial charge in [0, 0.05) is 0 Å². The predicted molar refractivity (Wildman–Crippen MR) is 54.1 cm³/mol. The largest absolute Gasteiger partial charge is 0.393 e. The molecule has 1 atom stereocenters. The molecule has 1 aromatic rings. The van der Waals surface area contributed by atoms with E-state index in [0.29, 0.717) is 10.9 Å². The number of hydrogen-bond acceptors (Lipinski definition) is 1. The van der Waals surface area contributed by atoms with E-state index < -0.39 is 0 Å². The molecule has 0 unspecified atom stereocenters. The zero-order valence-electron chi connectivity index (χ0n) is 7.43. The Morgan fingerprint density at radius 1 is 1.54 bits per heavy atom. The van der Waals surface area contributed by atoms with Crippen LogP contribution >= 0.6 is 15.9 Å². The summed E-state index contributed by atoms with van der Waals surface area (Å²) in [6.45, 7) is 1.75. The molecule has 0 heterocycles. The van der Waals surface area contributed by atoms with Crippen molar-refractivity contribution in [2.24, 2.45) is 0 Å². The Morgan fingerprint density at radius 3 is 2.77 bits per heavy atom. The molecule has 0 aliphatic rings. The number of rotatable bonds is 3. The minimum Gasteiger partial charge on any atom is -0.393 e. The van der Waals surface area contributed by atoms with Gasteiger partial charge in [0.2, 0.25) is 0 Å². The normalized spacial score (nSPS) is 12.9. The molecule has 0 saturated heterocycles. The number of aliphatic hydroxyl groups is 1. The molecule has 1 aromatic carbocycles. The Labute approximate surface area is 85.7 Å². The maximum Gasteiger partial charge on any atom is 0.137 e. The van der Waals surface area contributed by atoms with Crippen molar-refractivity contribution in [3.05, 3.63) is 34.1 Å². The monoisotopic (exact) mass is 246 g/mol. The van der Waals surface area contributed by atoms with Crippen molar-refractivity contribution >= 4 is 15.9 Å². The van der Waals surface area contributed by atoms with E-state index in [4.69, 9.17) is 5.11 Å². The fourth-order valence-electron chi connectivity index (χ4n) is 1.07. The summed E-state index contributed by atoms with van der Waals surface area (Å²) in [5, 5.41) is 9.05. The van der Waals surface area contributed by atoms with Gasteiger partial charge in [-0.1, -0.05) is 6.07 Å². The number of aryl methyl sites for hydroxylation is 1. The molecule has 72 valence electrons. The van der Waals surface area contributed by atoms with Crippen molar-refractivity contribution in [3.63, 3.8) is 0 Å². The summed E-state index contributed by atoms with van der Waals surface area (Å²) in [5.41, 5.74) is 1.04. The van der Waals surface area contributed by atoms with Crippen LogP contribution in [0.15, 0.2) is 22.7 Å². The van der Waals surface area contributed by atoms with Gasteiger partial charge in [0.25, 0.3) is 0 Å². The second-order valence-corrected chi connectivity index (χ2v) is 3.99. The highest BCUT2D eigenvalue weighted by Gasteiger charge is 2.01. The first kappa shape index (κ1) is 10.7. The van der Waals surface area contributed by atoms with Gasteiger partial charge in [-0.05, 0) is 53.4 Å². The van der Waals surface area contributed by atoms with Gasteiger partial charge in [0.05, 0.1) is 10.6 Å². The van der Waals surface area contributed by atoms with Crippen molar-refractivity contribution in [1.29, 1.82) is 0 Å². The Hall–Kier alpha value is -0.410. The zero-order valence-corrected chi connectivity index (χ0v) is 9.01. The number of hydrogen-bond donors (Lipinski definition) is 1. The molecule has 0 spiro atoms. The Bertz CT molecular complexity index is 286. The van der Waals surface area contributed by atoms with Crippen LogP contribution in [0.3, 0.4) is 0 Å². The number of benzene rings is 1. The number of aliphatic hydroxyl groups excluding tert-OH is 1. The first-order valence-corrected chi connectivity index (χ1v) is 5.01. The van der Waals surface area contributed by atoms with Crippen LogP contribution in [0.5, 0.6) is 0 Å². The minimum absolute atomic E-state index is 0.249. The Balaban J connectivity index is 2.63. The highest BCUT2D eigenvalue weighted by molar-refractivity contribution is 9.10. The van der Waals surface area contributed by atoms with Crippen molar-refractivity contribution in [2.45, 2.75) is 25.9 Å². The molecule has 0 saturated carbocycles. The number of halogens is 2. The van der Waals surface area contributed by atoms with Crippen LogP contribution < -0.4 is 0 Å². The molecule has 0 radical (unpaired) electrons. The standard InChI is InChI=1S/C10H12BrFO/c1-7(13)2-3-8-4-5-10(12)9(11)6-8/h4-7,13H,2-3H2,1H3/t7-/m1/s1. The van der Waals surface area contributed by atoms with Gasteiger partial charge >= 0.3 is 0 Å². The molecule has 1 N–H and O–H groups in total. The molecule has 0 aromatic heterocycles. The average Bonchev–Trinajstić information content (AvgIpc) is 2.07. The zero-order chi connectivity index (χ0) is 9.84. The molecule has 0 aliphatic carbocycles. The van der Waals surface area contributed by atoms with Crippen LogP contribution in [0, 0.1) is 5.82 Å². The van der Waals surface area contributed by atoms with Gasteiger partial charge in [-0.2, -0.15) is 0 Å². The van der Waals surface area contributed by atoms with E-state index in [2.05, 4.69) is 15.9 Å². The van der Waals surface area contributed by atoms with E-state index >= 15 is 0 Å². The van der Waals surface area contributed by atoms with Gasteiger partial charge < -0.3 is 5.11 Å². The van der Waals surface area contributed by atoms with E-state index in [-0.39, 0.29) is 11.9 Å². The van der Waals surface area contributed by atoms with Gasteiger partial charge in [0.1, 0.15) is 5.82 Å². The quantitative estimate of drug-likeness (QED) is 0.870. The summed E-state index contributed by atoms with van der Waals surface area (Å²) < 4.78 is 13.3. The van der Waals surface area contributed by atoms with Crippen LogP contribution in [-0.4, -0.2) is 11.2 Å². The molecular formula is C10H12BrFO. The Morgan fingerprint density at radius 2 is 2.23 bits per heavy atom. The lowest BCUT2D eigenvalue weighted by Crippen LogP contribution is -2.01. The highest BCUT2D eigenvalue weighted by atomic mass is 79.9. The maximum atomic E-state index is 12.8. The van der Waals surface area contributed by atoms with E-state index in [1.807, 2.05) is 0 Å². The topological polar surface area (TPSA) is 20.2 Å². The maximum absolute atomic E-state index is 12.8. The molecule has 1 rings (SSSR count). The summed E-state index contributed by atoms with van der Waals surface area (Å²) in [4.78, 5) is 0. The molecule has 1 nitrogen and oxygen atoms in total. The second-order valence-electron chi connectivity index (χ2n) is 3.14.